The maximum Gasteiger partial charge on any atom is 0.238 e. The normalized spacial score (nSPS) is 18.8. The van der Waals surface area contributed by atoms with Crippen molar-refractivity contribution in [3.05, 3.63) is 30.1 Å². The summed E-state index contributed by atoms with van der Waals surface area (Å²) in [4.78, 5) is 12.6. The molecule has 1 amide bonds. The van der Waals surface area contributed by atoms with E-state index < -0.39 is 11.2 Å². The fourth-order valence-electron chi connectivity index (χ4n) is 2.84. The molecule has 6 heteroatoms. The average molecular weight is 293 g/mol. The lowest BCUT2D eigenvalue weighted by Gasteiger charge is -2.29. The summed E-state index contributed by atoms with van der Waals surface area (Å²) in [5, 5.41) is 14.8. The van der Waals surface area contributed by atoms with Gasteiger partial charge in [-0.25, -0.2) is 4.39 Å². The number of rotatable bonds is 3. The molecule has 0 radical (unpaired) electrons. The van der Waals surface area contributed by atoms with E-state index >= 15 is 0 Å². The zero-order valence-corrected chi connectivity index (χ0v) is 11.8. The molecule has 1 saturated carbocycles. The van der Waals surface area contributed by atoms with Crippen LogP contribution in [0.2, 0.25) is 0 Å². The van der Waals surface area contributed by atoms with E-state index in [4.69, 9.17) is 10.9 Å². The molecule has 1 aromatic rings. The van der Waals surface area contributed by atoms with Gasteiger partial charge >= 0.3 is 0 Å². The van der Waals surface area contributed by atoms with Gasteiger partial charge in [-0.05, 0) is 31.0 Å². The predicted molar refractivity (Wildman–Crippen MR) is 78.6 cm³/mol. The van der Waals surface area contributed by atoms with E-state index in [0.29, 0.717) is 18.5 Å². The van der Waals surface area contributed by atoms with Gasteiger partial charge in [-0.15, -0.1) is 0 Å². The Kier molecular flexibility index (Phi) is 4.77. The molecular formula is C15H20FN3O2. The van der Waals surface area contributed by atoms with E-state index in [-0.39, 0.29) is 11.7 Å². The Balaban J connectivity index is 2.26. The van der Waals surface area contributed by atoms with E-state index in [9.17, 15) is 9.18 Å². The van der Waals surface area contributed by atoms with Crippen molar-refractivity contribution in [1.29, 1.82) is 0 Å². The van der Waals surface area contributed by atoms with Gasteiger partial charge in [0.1, 0.15) is 11.2 Å². The summed E-state index contributed by atoms with van der Waals surface area (Å²) in [7, 11) is 0. The van der Waals surface area contributed by atoms with Gasteiger partial charge in [-0.1, -0.05) is 36.9 Å². The van der Waals surface area contributed by atoms with Crippen LogP contribution in [0.4, 0.5) is 10.1 Å². The Hall–Kier alpha value is -2.11. The van der Waals surface area contributed by atoms with Gasteiger partial charge < -0.3 is 16.3 Å². The minimum absolute atomic E-state index is 0.0710. The summed E-state index contributed by atoms with van der Waals surface area (Å²) in [6.07, 6.45) is 4.79. The Bertz CT molecular complexity index is 537. The summed E-state index contributed by atoms with van der Waals surface area (Å²) < 4.78 is 13.2. The van der Waals surface area contributed by atoms with Crippen molar-refractivity contribution < 1.29 is 14.4 Å². The number of amidine groups is 1. The van der Waals surface area contributed by atoms with Crippen LogP contribution in [-0.2, 0) is 4.79 Å². The molecule has 0 aliphatic heterocycles. The fraction of sp³-hybridized carbons (Fsp3) is 0.467. The number of halogens is 1. The minimum Gasteiger partial charge on any atom is -0.409 e. The van der Waals surface area contributed by atoms with Gasteiger partial charge in [0.05, 0.1) is 0 Å². The molecule has 0 saturated heterocycles. The first-order chi connectivity index (χ1) is 10.1. The molecule has 5 nitrogen and oxygen atoms in total. The molecule has 0 spiro atoms. The van der Waals surface area contributed by atoms with Crippen molar-refractivity contribution in [3.8, 4) is 0 Å². The van der Waals surface area contributed by atoms with Gasteiger partial charge in [0, 0.05) is 5.69 Å². The highest BCUT2D eigenvalue weighted by molar-refractivity contribution is 6.11. The number of carbonyl (C=O) groups is 1. The van der Waals surface area contributed by atoms with E-state index in [1.54, 1.807) is 6.07 Å². The molecule has 4 N–H and O–H groups in total. The molecule has 0 bridgehead atoms. The molecule has 1 aliphatic carbocycles. The van der Waals surface area contributed by atoms with E-state index in [2.05, 4.69) is 10.5 Å². The number of nitrogens with zero attached hydrogens (tertiary/aromatic N) is 1. The second-order valence-electron chi connectivity index (χ2n) is 5.45. The van der Waals surface area contributed by atoms with Gasteiger partial charge in [0.2, 0.25) is 5.91 Å². The monoisotopic (exact) mass is 293 g/mol. The minimum atomic E-state index is -1.02. The highest BCUT2D eigenvalue weighted by atomic mass is 19.1. The molecular weight excluding hydrogens is 273 g/mol. The lowest BCUT2D eigenvalue weighted by molar-refractivity contribution is -0.123. The van der Waals surface area contributed by atoms with Crippen molar-refractivity contribution in [2.24, 2.45) is 16.3 Å². The molecule has 2 rings (SSSR count). The second kappa shape index (κ2) is 6.56. The lowest BCUT2D eigenvalue weighted by Crippen LogP contribution is -2.46. The Morgan fingerprint density at radius 3 is 2.52 bits per heavy atom. The van der Waals surface area contributed by atoms with Gasteiger partial charge in [0.15, 0.2) is 5.84 Å². The van der Waals surface area contributed by atoms with Crippen LogP contribution in [-0.4, -0.2) is 17.0 Å². The summed E-state index contributed by atoms with van der Waals surface area (Å²) >= 11 is 0. The Labute approximate surface area is 123 Å². The van der Waals surface area contributed by atoms with Crippen molar-refractivity contribution >= 4 is 17.4 Å². The molecule has 114 valence electrons. The predicted octanol–water partition coefficient (Wildman–Crippen LogP) is 2.85. The SMILES string of the molecule is NC(=NO)C1(C(=O)Nc2cccc(F)c2)CCCCCC1. The van der Waals surface area contributed by atoms with Crippen LogP contribution < -0.4 is 11.1 Å². The summed E-state index contributed by atoms with van der Waals surface area (Å²) in [6.45, 7) is 0. The van der Waals surface area contributed by atoms with Crippen LogP contribution in [0.3, 0.4) is 0 Å². The van der Waals surface area contributed by atoms with E-state index in [1.807, 2.05) is 0 Å². The second-order valence-corrected chi connectivity index (χ2v) is 5.45. The third-order valence-corrected chi connectivity index (χ3v) is 4.07. The Morgan fingerprint density at radius 1 is 1.29 bits per heavy atom. The van der Waals surface area contributed by atoms with Crippen LogP contribution in [0, 0.1) is 11.2 Å². The standard InChI is InChI=1S/C15H20FN3O2/c16-11-6-5-7-12(10-11)18-14(20)15(13(17)19-21)8-3-1-2-4-9-15/h5-7,10,21H,1-4,8-9H2,(H2,17,19)(H,18,20). The van der Waals surface area contributed by atoms with Gasteiger partial charge in [-0.2, -0.15) is 0 Å². The molecule has 0 unspecified atom stereocenters. The van der Waals surface area contributed by atoms with Crippen LogP contribution in [0.25, 0.3) is 0 Å². The molecule has 0 atom stereocenters. The molecule has 0 heterocycles. The third-order valence-electron chi connectivity index (χ3n) is 4.07. The first-order valence-corrected chi connectivity index (χ1v) is 7.13. The van der Waals surface area contributed by atoms with Crippen molar-refractivity contribution in [2.75, 3.05) is 5.32 Å². The maximum atomic E-state index is 13.2. The summed E-state index contributed by atoms with van der Waals surface area (Å²) in [6, 6.07) is 5.68. The quantitative estimate of drug-likeness (QED) is 0.263. The zero-order valence-electron chi connectivity index (χ0n) is 11.8. The summed E-state index contributed by atoms with van der Waals surface area (Å²) in [5.41, 5.74) is 5.16. The Morgan fingerprint density at radius 2 is 1.95 bits per heavy atom. The molecule has 1 aromatic carbocycles. The number of oxime groups is 1. The highest BCUT2D eigenvalue weighted by Gasteiger charge is 2.43. The van der Waals surface area contributed by atoms with Crippen LogP contribution in [0.15, 0.2) is 29.4 Å². The van der Waals surface area contributed by atoms with Crippen molar-refractivity contribution in [2.45, 2.75) is 38.5 Å². The van der Waals surface area contributed by atoms with Gasteiger partial charge in [-0.3, -0.25) is 4.79 Å². The van der Waals surface area contributed by atoms with Crippen LogP contribution in [0.5, 0.6) is 0 Å². The van der Waals surface area contributed by atoms with Crippen molar-refractivity contribution in [3.63, 3.8) is 0 Å². The topological polar surface area (TPSA) is 87.7 Å². The lowest BCUT2D eigenvalue weighted by atomic mass is 9.78. The number of anilines is 1. The first-order valence-electron chi connectivity index (χ1n) is 7.13. The molecule has 1 aliphatic rings. The van der Waals surface area contributed by atoms with Gasteiger partial charge in [0.25, 0.3) is 0 Å². The smallest absolute Gasteiger partial charge is 0.238 e. The number of carbonyl (C=O) groups excluding carboxylic acids is 1. The van der Waals surface area contributed by atoms with Crippen LogP contribution >= 0.6 is 0 Å². The summed E-state index contributed by atoms with van der Waals surface area (Å²) in [5.74, 6) is -0.838. The number of nitrogens with one attached hydrogen (secondary N) is 1. The average Bonchev–Trinajstić information content (AvgIpc) is 2.73. The number of amides is 1. The van der Waals surface area contributed by atoms with Crippen molar-refractivity contribution in [1.82, 2.24) is 0 Å². The number of hydrogen-bond acceptors (Lipinski definition) is 3. The largest absolute Gasteiger partial charge is 0.409 e. The molecule has 0 aromatic heterocycles. The van der Waals surface area contributed by atoms with E-state index in [1.165, 1.54) is 18.2 Å². The first kappa shape index (κ1) is 15.3. The number of benzene rings is 1. The fourth-order valence-corrected chi connectivity index (χ4v) is 2.84. The molecule has 21 heavy (non-hydrogen) atoms. The molecule has 1 fully saturated rings. The number of hydrogen-bond donors (Lipinski definition) is 3. The zero-order chi connectivity index (χ0) is 15.3. The third kappa shape index (κ3) is 3.32. The van der Waals surface area contributed by atoms with E-state index in [0.717, 1.165) is 25.7 Å². The number of nitrogens with two attached hydrogens (primary N) is 1. The maximum absolute atomic E-state index is 13.2. The van der Waals surface area contributed by atoms with Crippen LogP contribution in [0.1, 0.15) is 38.5 Å². The highest BCUT2D eigenvalue weighted by Crippen LogP contribution is 2.36.